The SMILES string of the molecule is CCNC(=NCc1nc(C(C)C)cs1)NCCCCN1CCCC1. The van der Waals surface area contributed by atoms with E-state index in [9.17, 15) is 0 Å². The topological polar surface area (TPSA) is 52.6 Å². The molecule has 2 rings (SSSR count). The Labute approximate surface area is 151 Å². The van der Waals surface area contributed by atoms with Gasteiger partial charge in [0.1, 0.15) is 5.01 Å². The number of hydrogen-bond acceptors (Lipinski definition) is 4. The van der Waals surface area contributed by atoms with Gasteiger partial charge in [0.05, 0.1) is 12.2 Å². The molecule has 2 heterocycles. The molecular weight excluding hydrogens is 318 g/mol. The Morgan fingerprint density at radius 3 is 2.75 bits per heavy atom. The van der Waals surface area contributed by atoms with Crippen LogP contribution in [0, 0.1) is 0 Å². The van der Waals surface area contributed by atoms with Crippen molar-refractivity contribution in [2.24, 2.45) is 4.99 Å². The standard InChI is InChI=1S/C18H33N5S/c1-4-19-18(20-9-5-6-10-23-11-7-8-12-23)21-13-17-22-16(14-24-17)15(2)3/h14-15H,4-13H2,1-3H3,(H2,19,20,21). The minimum Gasteiger partial charge on any atom is -0.357 e. The monoisotopic (exact) mass is 351 g/mol. The molecule has 0 amide bonds. The van der Waals surface area contributed by atoms with Crippen LogP contribution in [0.3, 0.4) is 0 Å². The molecule has 1 aliphatic heterocycles. The zero-order valence-corrected chi connectivity index (χ0v) is 16.3. The molecule has 1 aliphatic rings. The van der Waals surface area contributed by atoms with Gasteiger partial charge >= 0.3 is 0 Å². The minimum absolute atomic E-state index is 0.487. The molecule has 5 nitrogen and oxygen atoms in total. The van der Waals surface area contributed by atoms with Gasteiger partial charge in [0.15, 0.2) is 5.96 Å². The van der Waals surface area contributed by atoms with E-state index in [-0.39, 0.29) is 0 Å². The van der Waals surface area contributed by atoms with Gasteiger partial charge in [-0.1, -0.05) is 13.8 Å². The van der Waals surface area contributed by atoms with E-state index in [0.717, 1.165) is 24.1 Å². The Balaban J connectivity index is 1.69. The first-order valence-electron chi connectivity index (χ1n) is 9.38. The minimum atomic E-state index is 0.487. The molecule has 24 heavy (non-hydrogen) atoms. The van der Waals surface area contributed by atoms with Crippen LogP contribution in [0.4, 0.5) is 0 Å². The van der Waals surface area contributed by atoms with Gasteiger partial charge in [0, 0.05) is 18.5 Å². The molecule has 0 spiro atoms. The van der Waals surface area contributed by atoms with Gasteiger partial charge in [-0.3, -0.25) is 0 Å². The summed E-state index contributed by atoms with van der Waals surface area (Å²) in [4.78, 5) is 11.9. The number of aliphatic imine (C=N–C) groups is 1. The summed E-state index contributed by atoms with van der Waals surface area (Å²) in [6.07, 6.45) is 5.21. The van der Waals surface area contributed by atoms with Gasteiger partial charge in [-0.25, -0.2) is 9.98 Å². The smallest absolute Gasteiger partial charge is 0.191 e. The number of rotatable bonds is 9. The first-order valence-corrected chi connectivity index (χ1v) is 10.3. The summed E-state index contributed by atoms with van der Waals surface area (Å²) in [7, 11) is 0. The number of thiazole rings is 1. The Bertz CT molecular complexity index is 491. The molecule has 0 bridgehead atoms. The van der Waals surface area contributed by atoms with E-state index in [2.05, 4.69) is 51.7 Å². The van der Waals surface area contributed by atoms with Gasteiger partial charge in [0.25, 0.3) is 0 Å². The lowest BCUT2D eigenvalue weighted by Gasteiger charge is -2.15. The summed E-state index contributed by atoms with van der Waals surface area (Å²) < 4.78 is 0. The molecule has 2 N–H and O–H groups in total. The van der Waals surface area contributed by atoms with Gasteiger partial charge in [-0.15, -0.1) is 11.3 Å². The van der Waals surface area contributed by atoms with Crippen molar-refractivity contribution in [2.75, 3.05) is 32.7 Å². The molecule has 1 saturated heterocycles. The fourth-order valence-corrected chi connectivity index (χ4v) is 3.70. The number of nitrogens with one attached hydrogen (secondary N) is 2. The predicted molar refractivity (Wildman–Crippen MR) is 104 cm³/mol. The third kappa shape index (κ3) is 6.77. The second-order valence-electron chi connectivity index (χ2n) is 6.70. The summed E-state index contributed by atoms with van der Waals surface area (Å²) >= 11 is 1.70. The predicted octanol–water partition coefficient (Wildman–Crippen LogP) is 3.20. The van der Waals surface area contributed by atoms with Gasteiger partial charge in [-0.2, -0.15) is 0 Å². The number of unbranched alkanes of at least 4 members (excludes halogenated alkanes) is 1. The van der Waals surface area contributed by atoms with Crippen LogP contribution < -0.4 is 10.6 Å². The largest absolute Gasteiger partial charge is 0.357 e. The van der Waals surface area contributed by atoms with Crippen molar-refractivity contribution < 1.29 is 0 Å². The maximum absolute atomic E-state index is 4.66. The molecule has 1 aromatic heterocycles. The molecule has 0 unspecified atom stereocenters. The average Bonchev–Trinajstić information content (AvgIpc) is 3.23. The van der Waals surface area contributed by atoms with Crippen molar-refractivity contribution in [3.63, 3.8) is 0 Å². The highest BCUT2D eigenvalue weighted by molar-refractivity contribution is 7.09. The fourth-order valence-electron chi connectivity index (χ4n) is 2.82. The van der Waals surface area contributed by atoms with Crippen LogP contribution in [0.2, 0.25) is 0 Å². The first kappa shape index (κ1) is 19.2. The molecule has 0 aromatic carbocycles. The Hall–Kier alpha value is -1.14. The van der Waals surface area contributed by atoms with E-state index in [1.807, 2.05) is 0 Å². The maximum Gasteiger partial charge on any atom is 0.191 e. The van der Waals surface area contributed by atoms with Crippen molar-refractivity contribution in [1.29, 1.82) is 0 Å². The number of guanidine groups is 1. The summed E-state index contributed by atoms with van der Waals surface area (Å²) in [5.74, 6) is 1.39. The summed E-state index contributed by atoms with van der Waals surface area (Å²) in [6, 6.07) is 0. The molecular formula is C18H33N5S. The highest BCUT2D eigenvalue weighted by atomic mass is 32.1. The molecule has 1 aromatic rings. The summed E-state index contributed by atoms with van der Waals surface area (Å²) in [5.41, 5.74) is 1.17. The molecule has 0 atom stereocenters. The molecule has 0 radical (unpaired) electrons. The maximum atomic E-state index is 4.66. The van der Waals surface area contributed by atoms with Crippen LogP contribution in [-0.2, 0) is 6.54 Å². The normalized spacial score (nSPS) is 16.1. The van der Waals surface area contributed by atoms with Crippen LogP contribution in [0.1, 0.15) is 63.1 Å². The van der Waals surface area contributed by atoms with E-state index in [4.69, 9.17) is 0 Å². The molecule has 6 heteroatoms. The number of likely N-dealkylation sites (tertiary alicyclic amines) is 1. The molecule has 1 fully saturated rings. The van der Waals surface area contributed by atoms with Gasteiger partial charge in [-0.05, 0) is 58.2 Å². The molecule has 0 aliphatic carbocycles. The van der Waals surface area contributed by atoms with Crippen LogP contribution in [0.5, 0.6) is 0 Å². The first-order chi connectivity index (χ1) is 11.7. The number of nitrogens with zero attached hydrogens (tertiary/aromatic N) is 3. The lowest BCUT2D eigenvalue weighted by molar-refractivity contribution is 0.330. The van der Waals surface area contributed by atoms with Crippen molar-refractivity contribution >= 4 is 17.3 Å². The Morgan fingerprint density at radius 2 is 2.08 bits per heavy atom. The quantitative estimate of drug-likeness (QED) is 0.407. The van der Waals surface area contributed by atoms with E-state index in [1.165, 1.54) is 51.0 Å². The van der Waals surface area contributed by atoms with Crippen molar-refractivity contribution in [2.45, 2.75) is 58.9 Å². The van der Waals surface area contributed by atoms with E-state index < -0.39 is 0 Å². The second kappa shape index (κ2) is 10.7. The Morgan fingerprint density at radius 1 is 1.29 bits per heavy atom. The molecule has 0 saturated carbocycles. The average molecular weight is 352 g/mol. The fraction of sp³-hybridized carbons (Fsp3) is 0.778. The van der Waals surface area contributed by atoms with Crippen molar-refractivity contribution in [1.82, 2.24) is 20.5 Å². The van der Waals surface area contributed by atoms with E-state index in [0.29, 0.717) is 12.5 Å². The summed E-state index contributed by atoms with van der Waals surface area (Å²) in [6.45, 7) is 12.8. The highest BCUT2D eigenvalue weighted by Crippen LogP contribution is 2.18. The van der Waals surface area contributed by atoms with E-state index >= 15 is 0 Å². The van der Waals surface area contributed by atoms with E-state index in [1.54, 1.807) is 11.3 Å². The van der Waals surface area contributed by atoms with Crippen LogP contribution in [-0.4, -0.2) is 48.6 Å². The number of hydrogen-bond donors (Lipinski definition) is 2. The zero-order chi connectivity index (χ0) is 17.2. The van der Waals surface area contributed by atoms with Crippen LogP contribution >= 0.6 is 11.3 Å². The second-order valence-corrected chi connectivity index (χ2v) is 7.64. The highest BCUT2D eigenvalue weighted by Gasteiger charge is 2.10. The third-order valence-electron chi connectivity index (χ3n) is 4.27. The molecule has 136 valence electrons. The zero-order valence-electron chi connectivity index (χ0n) is 15.5. The van der Waals surface area contributed by atoms with Crippen molar-refractivity contribution in [3.8, 4) is 0 Å². The van der Waals surface area contributed by atoms with Crippen LogP contribution in [0.25, 0.3) is 0 Å². The van der Waals surface area contributed by atoms with Crippen molar-refractivity contribution in [3.05, 3.63) is 16.1 Å². The Kier molecular flexibility index (Phi) is 8.53. The van der Waals surface area contributed by atoms with Crippen LogP contribution in [0.15, 0.2) is 10.4 Å². The summed E-state index contributed by atoms with van der Waals surface area (Å²) in [5, 5.41) is 10.00. The lowest BCUT2D eigenvalue weighted by Crippen LogP contribution is -2.38. The number of aromatic nitrogens is 1. The lowest BCUT2D eigenvalue weighted by atomic mass is 10.2. The van der Waals surface area contributed by atoms with Gasteiger partial charge < -0.3 is 15.5 Å². The van der Waals surface area contributed by atoms with Gasteiger partial charge in [0.2, 0.25) is 0 Å². The third-order valence-corrected chi connectivity index (χ3v) is 5.12.